The van der Waals surface area contributed by atoms with Crippen molar-refractivity contribution in [1.82, 2.24) is 5.32 Å². The fourth-order valence-corrected chi connectivity index (χ4v) is 1.34. The van der Waals surface area contributed by atoms with E-state index in [1.807, 2.05) is 0 Å². The molecule has 13 heavy (non-hydrogen) atoms. The van der Waals surface area contributed by atoms with Gasteiger partial charge in [0.2, 0.25) is 0 Å². The zero-order valence-electron chi connectivity index (χ0n) is 10.1. The van der Waals surface area contributed by atoms with E-state index < -0.39 is 0 Å². The second-order valence-electron chi connectivity index (χ2n) is 5.13. The van der Waals surface area contributed by atoms with E-state index in [9.17, 15) is 0 Å². The molecule has 0 saturated heterocycles. The minimum Gasteiger partial charge on any atom is -0.317 e. The Balaban J connectivity index is 3.25. The fourth-order valence-electron chi connectivity index (χ4n) is 1.34. The lowest BCUT2D eigenvalue weighted by Crippen LogP contribution is -2.24. The van der Waals surface area contributed by atoms with Crippen molar-refractivity contribution in [3.8, 4) is 0 Å². The van der Waals surface area contributed by atoms with Crippen LogP contribution < -0.4 is 5.32 Å². The molecule has 0 aromatic heterocycles. The smallest absolute Gasteiger partial charge is 0.106 e. The van der Waals surface area contributed by atoms with Crippen LogP contribution in [-0.4, -0.2) is 20.9 Å². The number of rotatable bonds is 7. The Morgan fingerprint density at radius 3 is 2.08 bits per heavy atom. The molecule has 0 fully saturated rings. The molecule has 1 nitrogen and oxygen atoms in total. The van der Waals surface area contributed by atoms with Crippen molar-refractivity contribution in [2.24, 2.45) is 11.8 Å². The van der Waals surface area contributed by atoms with E-state index in [-0.39, 0.29) is 0 Å². The summed E-state index contributed by atoms with van der Waals surface area (Å²) >= 11 is 0. The summed E-state index contributed by atoms with van der Waals surface area (Å²) in [5.74, 6) is 2.46. The van der Waals surface area contributed by atoms with E-state index in [0.717, 1.165) is 24.2 Å². The van der Waals surface area contributed by atoms with Gasteiger partial charge in [0.25, 0.3) is 0 Å². The highest BCUT2D eigenvalue weighted by atomic mass is 14.9. The molecule has 0 radical (unpaired) electrons. The van der Waals surface area contributed by atoms with Crippen molar-refractivity contribution in [2.45, 2.75) is 46.4 Å². The Morgan fingerprint density at radius 1 is 1.00 bits per heavy atom. The molecule has 2 unspecified atom stereocenters. The molecular weight excluding hydrogens is 157 g/mol. The molecule has 0 aliphatic heterocycles. The van der Waals surface area contributed by atoms with Crippen LogP contribution in [0.2, 0.25) is 5.82 Å². The lowest BCUT2D eigenvalue weighted by atomic mass is 9.89. The van der Waals surface area contributed by atoms with Crippen LogP contribution in [-0.2, 0) is 0 Å². The van der Waals surface area contributed by atoms with Crippen LogP contribution in [0.15, 0.2) is 0 Å². The molecule has 0 aromatic rings. The molecule has 1 N–H and O–H groups in total. The molecule has 0 heterocycles. The molecule has 0 rings (SSSR count). The zero-order valence-corrected chi connectivity index (χ0v) is 10.1. The van der Waals surface area contributed by atoms with E-state index in [2.05, 4.69) is 40.9 Å². The van der Waals surface area contributed by atoms with Crippen molar-refractivity contribution in [1.29, 1.82) is 0 Å². The van der Waals surface area contributed by atoms with E-state index in [1.165, 1.54) is 19.4 Å². The summed E-state index contributed by atoms with van der Waals surface area (Å²) in [5.41, 5.74) is 0. The highest BCUT2D eigenvalue weighted by Crippen LogP contribution is 2.10. The normalized spacial score (nSPS) is 16.1. The minimum absolute atomic E-state index is 0.775. The maximum Gasteiger partial charge on any atom is 0.106 e. The van der Waals surface area contributed by atoms with E-state index in [1.54, 1.807) is 0 Å². The number of hydrogen-bond acceptors (Lipinski definition) is 1. The average Bonchev–Trinajstić information content (AvgIpc) is 2.00. The summed E-state index contributed by atoms with van der Waals surface area (Å²) < 4.78 is 0. The topological polar surface area (TPSA) is 12.0 Å². The monoisotopic (exact) mass is 183 g/mol. The van der Waals surface area contributed by atoms with Gasteiger partial charge in [-0.05, 0) is 31.3 Å². The molecule has 0 bridgehead atoms. The molecule has 0 aromatic carbocycles. The SMILES string of the molecule is BC(C)CNCC(C)CCC(C)C. The average molecular weight is 183 g/mol. The molecule has 2 atom stereocenters. The Morgan fingerprint density at radius 2 is 1.62 bits per heavy atom. The van der Waals surface area contributed by atoms with Crippen LogP contribution in [0, 0.1) is 11.8 Å². The van der Waals surface area contributed by atoms with Crippen molar-refractivity contribution in [2.75, 3.05) is 13.1 Å². The van der Waals surface area contributed by atoms with E-state index in [4.69, 9.17) is 0 Å². The first-order valence-corrected chi connectivity index (χ1v) is 5.73. The first-order chi connectivity index (χ1) is 6.02. The second kappa shape index (κ2) is 7.43. The van der Waals surface area contributed by atoms with Crippen molar-refractivity contribution < 1.29 is 0 Å². The Bertz CT molecular complexity index is 113. The van der Waals surface area contributed by atoms with Gasteiger partial charge in [-0.25, -0.2) is 0 Å². The third-order valence-corrected chi connectivity index (χ3v) is 2.28. The Hall–Kier alpha value is 0.0249. The first-order valence-electron chi connectivity index (χ1n) is 5.73. The lowest BCUT2D eigenvalue weighted by molar-refractivity contribution is 0.427. The van der Waals surface area contributed by atoms with Gasteiger partial charge in [0.15, 0.2) is 0 Å². The summed E-state index contributed by atoms with van der Waals surface area (Å²) in [5, 5.41) is 3.51. The summed E-state index contributed by atoms with van der Waals surface area (Å²) in [6, 6.07) is 0. The number of hydrogen-bond donors (Lipinski definition) is 1. The molecule has 0 aliphatic carbocycles. The molecule has 0 amide bonds. The second-order valence-corrected chi connectivity index (χ2v) is 5.13. The van der Waals surface area contributed by atoms with Gasteiger partial charge in [0.1, 0.15) is 7.85 Å². The van der Waals surface area contributed by atoms with Crippen LogP contribution in [0.25, 0.3) is 0 Å². The molecule has 0 spiro atoms. The van der Waals surface area contributed by atoms with Gasteiger partial charge in [-0.2, -0.15) is 0 Å². The van der Waals surface area contributed by atoms with E-state index >= 15 is 0 Å². The number of nitrogens with one attached hydrogen (secondary N) is 1. The molecule has 0 aliphatic rings. The lowest BCUT2D eigenvalue weighted by Gasteiger charge is -2.14. The van der Waals surface area contributed by atoms with Gasteiger partial charge in [0, 0.05) is 0 Å². The highest BCUT2D eigenvalue weighted by Gasteiger charge is 2.03. The van der Waals surface area contributed by atoms with Gasteiger partial charge in [-0.15, -0.1) is 0 Å². The van der Waals surface area contributed by atoms with Crippen LogP contribution in [0.3, 0.4) is 0 Å². The third-order valence-electron chi connectivity index (χ3n) is 2.28. The molecule has 0 saturated carbocycles. The zero-order chi connectivity index (χ0) is 10.3. The van der Waals surface area contributed by atoms with E-state index in [0.29, 0.717) is 0 Å². The van der Waals surface area contributed by atoms with Crippen molar-refractivity contribution in [3.05, 3.63) is 0 Å². The highest BCUT2D eigenvalue weighted by molar-refractivity contribution is 6.11. The third kappa shape index (κ3) is 9.94. The van der Waals surface area contributed by atoms with Gasteiger partial charge in [-0.3, -0.25) is 0 Å². The largest absolute Gasteiger partial charge is 0.317 e. The Labute approximate surface area is 85.1 Å². The van der Waals surface area contributed by atoms with Gasteiger partial charge >= 0.3 is 0 Å². The molecular formula is C11H26BN. The van der Waals surface area contributed by atoms with Crippen LogP contribution in [0.5, 0.6) is 0 Å². The molecule has 2 heteroatoms. The standard InChI is InChI=1S/C11H26BN/c1-9(2)5-6-10(3)7-13-8-11(4)12/h9-11,13H,5-8,12H2,1-4H3. The maximum absolute atomic E-state index is 3.51. The van der Waals surface area contributed by atoms with Gasteiger partial charge < -0.3 is 5.32 Å². The summed E-state index contributed by atoms with van der Waals surface area (Å²) in [6.45, 7) is 11.5. The summed E-state index contributed by atoms with van der Waals surface area (Å²) in [6.07, 6.45) is 2.73. The predicted octanol–water partition coefficient (Wildman–Crippen LogP) is 2.09. The van der Waals surface area contributed by atoms with Crippen LogP contribution >= 0.6 is 0 Å². The predicted molar refractivity (Wildman–Crippen MR) is 64.1 cm³/mol. The van der Waals surface area contributed by atoms with Crippen LogP contribution in [0.1, 0.15) is 40.5 Å². The minimum atomic E-state index is 0.775. The van der Waals surface area contributed by atoms with Gasteiger partial charge in [-0.1, -0.05) is 39.9 Å². The molecule has 78 valence electrons. The van der Waals surface area contributed by atoms with Gasteiger partial charge in [0.05, 0.1) is 0 Å². The van der Waals surface area contributed by atoms with Crippen molar-refractivity contribution >= 4 is 7.85 Å². The Kier molecular flexibility index (Phi) is 7.45. The summed E-state index contributed by atoms with van der Waals surface area (Å²) in [4.78, 5) is 0. The van der Waals surface area contributed by atoms with Crippen LogP contribution in [0.4, 0.5) is 0 Å². The first kappa shape index (κ1) is 13.0. The van der Waals surface area contributed by atoms with Crippen molar-refractivity contribution in [3.63, 3.8) is 0 Å². The maximum atomic E-state index is 3.51. The fraction of sp³-hybridized carbons (Fsp3) is 1.00. The quantitative estimate of drug-likeness (QED) is 0.596. The summed E-state index contributed by atoms with van der Waals surface area (Å²) in [7, 11) is 2.26.